The molecule has 5 rings (SSSR count). The fraction of sp³-hybridized carbons (Fsp3) is 0.222. The van der Waals surface area contributed by atoms with E-state index >= 15 is 0 Å². The summed E-state index contributed by atoms with van der Waals surface area (Å²) in [5.41, 5.74) is 4.44. The van der Waals surface area contributed by atoms with Gasteiger partial charge in [0.05, 0.1) is 29.4 Å². The van der Waals surface area contributed by atoms with Gasteiger partial charge in [0.1, 0.15) is 16.8 Å². The van der Waals surface area contributed by atoms with Crippen molar-refractivity contribution in [3.05, 3.63) is 76.2 Å². The average molecular weight is 454 g/mol. The van der Waals surface area contributed by atoms with Crippen LogP contribution in [0, 0.1) is 17.2 Å². The number of ether oxygens (including phenoxy) is 1. The van der Waals surface area contributed by atoms with E-state index in [-0.39, 0.29) is 5.91 Å². The van der Waals surface area contributed by atoms with Crippen LogP contribution < -0.4 is 10.1 Å². The summed E-state index contributed by atoms with van der Waals surface area (Å²) in [6.45, 7) is 2.23. The SMILES string of the molecule is COc1ccccc1-c1cc(C(=O)Nc2sc3c(c2C#N)CC[C@@H](C)C3)c2ccccc2n1. The van der Waals surface area contributed by atoms with Gasteiger partial charge in [-0.2, -0.15) is 5.26 Å². The second-order valence-electron chi connectivity index (χ2n) is 8.39. The predicted octanol–water partition coefficient (Wildman–Crippen LogP) is 6.22. The largest absolute Gasteiger partial charge is 0.496 e. The number of para-hydroxylation sites is 2. The summed E-state index contributed by atoms with van der Waals surface area (Å²) in [5, 5.41) is 14.3. The van der Waals surface area contributed by atoms with Crippen LogP contribution in [0.25, 0.3) is 22.2 Å². The molecule has 0 saturated heterocycles. The molecule has 4 aromatic rings. The molecule has 0 fully saturated rings. The first-order valence-electron chi connectivity index (χ1n) is 11.0. The summed E-state index contributed by atoms with van der Waals surface area (Å²) in [6, 6.07) is 19.4. The minimum absolute atomic E-state index is 0.243. The number of amides is 1. The molecule has 0 aliphatic heterocycles. The molecule has 1 aliphatic rings. The monoisotopic (exact) mass is 453 g/mol. The number of thiophene rings is 1. The Kier molecular flexibility index (Phi) is 5.57. The summed E-state index contributed by atoms with van der Waals surface area (Å²) in [6.07, 6.45) is 2.92. The Morgan fingerprint density at radius 3 is 2.82 bits per heavy atom. The molecule has 33 heavy (non-hydrogen) atoms. The Morgan fingerprint density at radius 1 is 1.21 bits per heavy atom. The molecule has 6 heteroatoms. The van der Waals surface area contributed by atoms with Crippen molar-refractivity contribution in [1.29, 1.82) is 5.26 Å². The average Bonchev–Trinajstić information content (AvgIpc) is 3.18. The van der Waals surface area contributed by atoms with E-state index < -0.39 is 0 Å². The summed E-state index contributed by atoms with van der Waals surface area (Å²) < 4.78 is 5.52. The van der Waals surface area contributed by atoms with Crippen molar-refractivity contribution in [3.8, 4) is 23.1 Å². The van der Waals surface area contributed by atoms with Crippen LogP contribution in [0.4, 0.5) is 5.00 Å². The lowest BCUT2D eigenvalue weighted by molar-refractivity contribution is 0.102. The fourth-order valence-electron chi connectivity index (χ4n) is 4.49. The molecule has 1 N–H and O–H groups in total. The van der Waals surface area contributed by atoms with Crippen LogP contribution in [0.3, 0.4) is 0 Å². The Morgan fingerprint density at radius 2 is 2.00 bits per heavy atom. The number of rotatable bonds is 4. The van der Waals surface area contributed by atoms with Crippen molar-refractivity contribution in [2.24, 2.45) is 5.92 Å². The minimum atomic E-state index is -0.243. The van der Waals surface area contributed by atoms with E-state index in [2.05, 4.69) is 18.3 Å². The van der Waals surface area contributed by atoms with E-state index in [9.17, 15) is 10.1 Å². The van der Waals surface area contributed by atoms with E-state index in [1.807, 2.05) is 48.5 Å². The third-order valence-electron chi connectivity index (χ3n) is 6.19. The van der Waals surface area contributed by atoms with Crippen LogP contribution >= 0.6 is 11.3 Å². The van der Waals surface area contributed by atoms with E-state index in [1.54, 1.807) is 13.2 Å². The summed E-state index contributed by atoms with van der Waals surface area (Å²) in [7, 11) is 1.62. The number of carbonyl (C=O) groups is 1. The van der Waals surface area contributed by atoms with Gasteiger partial charge in [-0.25, -0.2) is 4.98 Å². The van der Waals surface area contributed by atoms with Gasteiger partial charge in [-0.15, -0.1) is 11.3 Å². The highest BCUT2D eigenvalue weighted by atomic mass is 32.1. The third-order valence-corrected chi connectivity index (χ3v) is 7.36. The van der Waals surface area contributed by atoms with Gasteiger partial charge in [-0.3, -0.25) is 4.79 Å². The number of pyridine rings is 1. The third kappa shape index (κ3) is 3.85. The fourth-order valence-corrected chi connectivity index (χ4v) is 5.84. The molecule has 0 spiro atoms. The van der Waals surface area contributed by atoms with Crippen LogP contribution in [0.1, 0.15) is 39.7 Å². The van der Waals surface area contributed by atoms with E-state index in [4.69, 9.17) is 9.72 Å². The van der Waals surface area contributed by atoms with Gasteiger partial charge in [-0.1, -0.05) is 37.3 Å². The molecule has 0 unspecified atom stereocenters. The highest BCUT2D eigenvalue weighted by molar-refractivity contribution is 7.16. The Bertz CT molecular complexity index is 1420. The van der Waals surface area contributed by atoms with Gasteiger partial charge < -0.3 is 10.1 Å². The van der Waals surface area contributed by atoms with Crippen molar-refractivity contribution in [3.63, 3.8) is 0 Å². The van der Waals surface area contributed by atoms with E-state index in [1.165, 1.54) is 16.2 Å². The molecule has 0 radical (unpaired) electrons. The lowest BCUT2D eigenvalue weighted by atomic mass is 9.88. The van der Waals surface area contributed by atoms with Crippen molar-refractivity contribution >= 4 is 33.1 Å². The molecule has 1 amide bonds. The first-order chi connectivity index (χ1) is 16.1. The molecule has 0 saturated carbocycles. The maximum atomic E-state index is 13.5. The normalized spacial score (nSPS) is 15.0. The molecule has 0 bridgehead atoms. The minimum Gasteiger partial charge on any atom is -0.496 e. The lowest BCUT2D eigenvalue weighted by Gasteiger charge is -2.17. The second kappa shape index (κ2) is 8.68. The number of hydrogen-bond donors (Lipinski definition) is 1. The van der Waals surface area contributed by atoms with Crippen molar-refractivity contribution in [1.82, 2.24) is 4.98 Å². The first kappa shape index (κ1) is 21.2. The van der Waals surface area contributed by atoms with E-state index in [0.717, 1.165) is 41.3 Å². The van der Waals surface area contributed by atoms with Crippen molar-refractivity contribution in [2.75, 3.05) is 12.4 Å². The summed E-state index contributed by atoms with van der Waals surface area (Å²) in [5.74, 6) is 1.05. The zero-order chi connectivity index (χ0) is 22.9. The highest BCUT2D eigenvalue weighted by Crippen LogP contribution is 2.40. The number of benzene rings is 2. The van der Waals surface area contributed by atoms with Crippen molar-refractivity contribution < 1.29 is 9.53 Å². The number of nitrogens with zero attached hydrogens (tertiary/aromatic N) is 2. The number of carbonyl (C=O) groups excluding carboxylic acids is 1. The summed E-state index contributed by atoms with van der Waals surface area (Å²) in [4.78, 5) is 19.5. The zero-order valence-electron chi connectivity index (χ0n) is 18.5. The van der Waals surface area contributed by atoms with Crippen LogP contribution in [-0.4, -0.2) is 18.0 Å². The van der Waals surface area contributed by atoms with E-state index in [0.29, 0.717) is 33.5 Å². The van der Waals surface area contributed by atoms with Crippen LogP contribution in [0.15, 0.2) is 54.6 Å². The van der Waals surface area contributed by atoms with Gasteiger partial charge in [0.25, 0.3) is 5.91 Å². The van der Waals surface area contributed by atoms with Gasteiger partial charge in [0.2, 0.25) is 0 Å². The molecule has 1 atom stereocenters. The molecule has 1 aliphatic carbocycles. The standard InChI is InChI=1S/C27H23N3O2S/c1-16-11-12-18-21(15-28)27(33-25(18)13-16)30-26(31)20-14-23(19-8-4-6-10-24(19)32-2)29-22-9-5-3-7-17(20)22/h3-10,14,16H,11-13H2,1-2H3,(H,30,31)/t16-/m1/s1. The van der Waals surface area contributed by atoms with Crippen LogP contribution in [0.2, 0.25) is 0 Å². The lowest BCUT2D eigenvalue weighted by Crippen LogP contribution is -2.13. The Hall–Kier alpha value is -3.69. The number of methoxy groups -OCH3 is 1. The number of nitrogens with one attached hydrogen (secondary N) is 1. The van der Waals surface area contributed by atoms with Gasteiger partial charge in [0.15, 0.2) is 0 Å². The zero-order valence-corrected chi connectivity index (χ0v) is 19.3. The first-order valence-corrected chi connectivity index (χ1v) is 11.8. The van der Waals surface area contributed by atoms with Gasteiger partial charge in [0, 0.05) is 15.8 Å². The molecule has 2 heterocycles. The predicted molar refractivity (Wildman–Crippen MR) is 132 cm³/mol. The van der Waals surface area contributed by atoms with Gasteiger partial charge in [-0.05, 0) is 55.0 Å². The van der Waals surface area contributed by atoms with Crippen LogP contribution in [0.5, 0.6) is 5.75 Å². The maximum Gasteiger partial charge on any atom is 0.257 e. The molecular formula is C27H23N3O2S. The molecule has 164 valence electrons. The molecule has 2 aromatic carbocycles. The van der Waals surface area contributed by atoms with Crippen LogP contribution in [-0.2, 0) is 12.8 Å². The Balaban J connectivity index is 1.59. The molecule has 5 nitrogen and oxygen atoms in total. The quantitative estimate of drug-likeness (QED) is 0.398. The second-order valence-corrected chi connectivity index (χ2v) is 9.50. The summed E-state index contributed by atoms with van der Waals surface area (Å²) >= 11 is 1.54. The Labute approximate surface area is 196 Å². The number of fused-ring (bicyclic) bond motifs is 2. The highest BCUT2D eigenvalue weighted by Gasteiger charge is 2.25. The number of aromatic nitrogens is 1. The van der Waals surface area contributed by atoms with Gasteiger partial charge >= 0.3 is 0 Å². The number of nitriles is 1. The molecule has 2 aromatic heterocycles. The van der Waals surface area contributed by atoms with Crippen molar-refractivity contribution in [2.45, 2.75) is 26.2 Å². The topological polar surface area (TPSA) is 75.0 Å². The maximum absolute atomic E-state index is 13.5. The number of hydrogen-bond acceptors (Lipinski definition) is 5. The number of anilines is 1. The molecular weight excluding hydrogens is 430 g/mol. The smallest absolute Gasteiger partial charge is 0.257 e.